The van der Waals surface area contributed by atoms with E-state index in [0.29, 0.717) is 11.4 Å². The molecule has 32 heavy (non-hydrogen) atoms. The van der Waals surface area contributed by atoms with Crippen LogP contribution in [0.5, 0.6) is 0 Å². The number of carbonyl (C=O) groups is 2. The minimum absolute atomic E-state index is 0.0215. The Kier molecular flexibility index (Phi) is 5.25. The average Bonchev–Trinajstić information content (AvgIpc) is 2.82. The Balaban J connectivity index is 1.68. The Hall–Kier alpha value is -3.47. The number of benzene rings is 2. The van der Waals surface area contributed by atoms with Gasteiger partial charge in [0.15, 0.2) is 0 Å². The van der Waals surface area contributed by atoms with Gasteiger partial charge in [-0.2, -0.15) is 0 Å². The van der Waals surface area contributed by atoms with Gasteiger partial charge in [0, 0.05) is 17.4 Å². The van der Waals surface area contributed by atoms with Crippen molar-refractivity contribution >= 4 is 23.3 Å². The van der Waals surface area contributed by atoms with Gasteiger partial charge in [-0.1, -0.05) is 61.7 Å². The number of nitrogens with one attached hydrogen (secondary N) is 1. The third-order valence-electron chi connectivity index (χ3n) is 6.93. The van der Waals surface area contributed by atoms with Gasteiger partial charge in [-0.25, -0.2) is 4.98 Å². The Labute approximate surface area is 188 Å². The first kappa shape index (κ1) is 20.4. The minimum Gasteiger partial charge on any atom is -0.310 e. The summed E-state index contributed by atoms with van der Waals surface area (Å²) in [6.45, 7) is 1.94. The fourth-order valence-corrected chi connectivity index (χ4v) is 5.50. The van der Waals surface area contributed by atoms with E-state index in [1.807, 2.05) is 78.6 Å². The van der Waals surface area contributed by atoms with Crippen LogP contribution in [-0.4, -0.2) is 22.3 Å². The van der Waals surface area contributed by atoms with E-state index in [1.54, 1.807) is 6.20 Å². The standard InChI is InChI=1S/C27H27N3O2/c1-19-11-10-18-28-24(19)29-25(31)23-21-14-6-7-15-22(21)26(32)30(20-12-4-2-5-13-20)27(23)16-8-3-9-17-27/h2,4-7,10-15,18,23H,3,8-9,16-17H2,1H3,(H,28,29,31). The summed E-state index contributed by atoms with van der Waals surface area (Å²) in [6, 6.07) is 21.2. The van der Waals surface area contributed by atoms with E-state index >= 15 is 0 Å². The third kappa shape index (κ3) is 3.29. The fourth-order valence-electron chi connectivity index (χ4n) is 5.50. The number of para-hydroxylation sites is 1. The Bertz CT molecular complexity index is 1150. The molecule has 3 aromatic rings. The van der Waals surface area contributed by atoms with Crippen LogP contribution >= 0.6 is 0 Å². The third-order valence-corrected chi connectivity index (χ3v) is 6.93. The molecule has 5 heteroatoms. The quantitative estimate of drug-likeness (QED) is 0.605. The summed E-state index contributed by atoms with van der Waals surface area (Å²) in [5.74, 6) is -0.0243. The van der Waals surface area contributed by atoms with Crippen molar-refractivity contribution < 1.29 is 9.59 Å². The highest BCUT2D eigenvalue weighted by molar-refractivity contribution is 6.13. The minimum atomic E-state index is -0.599. The second-order valence-corrected chi connectivity index (χ2v) is 8.82. The van der Waals surface area contributed by atoms with Crippen LogP contribution in [0, 0.1) is 6.92 Å². The highest BCUT2D eigenvalue weighted by Crippen LogP contribution is 2.51. The molecule has 1 spiro atoms. The maximum absolute atomic E-state index is 14.0. The molecule has 1 saturated carbocycles. The lowest BCUT2D eigenvalue weighted by molar-refractivity contribution is -0.119. The SMILES string of the molecule is Cc1cccnc1NC(=O)C1c2ccccc2C(=O)N(c2ccccc2)C12CCCCC2. The molecule has 1 aliphatic carbocycles. The molecule has 5 rings (SSSR count). The molecule has 2 heterocycles. The number of rotatable bonds is 3. The maximum atomic E-state index is 14.0. The largest absolute Gasteiger partial charge is 0.310 e. The van der Waals surface area contributed by atoms with Crippen molar-refractivity contribution in [2.24, 2.45) is 0 Å². The van der Waals surface area contributed by atoms with Crippen LogP contribution in [0.2, 0.25) is 0 Å². The Morgan fingerprint density at radius 3 is 2.44 bits per heavy atom. The van der Waals surface area contributed by atoms with Crippen LogP contribution in [0.25, 0.3) is 0 Å². The van der Waals surface area contributed by atoms with Crippen molar-refractivity contribution in [2.45, 2.75) is 50.5 Å². The second-order valence-electron chi connectivity index (χ2n) is 8.82. The van der Waals surface area contributed by atoms with Crippen LogP contribution in [0.4, 0.5) is 11.5 Å². The van der Waals surface area contributed by atoms with Gasteiger partial charge in [0.25, 0.3) is 5.91 Å². The van der Waals surface area contributed by atoms with Gasteiger partial charge >= 0.3 is 0 Å². The molecule has 1 aromatic heterocycles. The maximum Gasteiger partial charge on any atom is 0.259 e. The predicted molar refractivity (Wildman–Crippen MR) is 126 cm³/mol. The average molecular weight is 426 g/mol. The molecular weight excluding hydrogens is 398 g/mol. The first-order valence-electron chi connectivity index (χ1n) is 11.3. The summed E-state index contributed by atoms with van der Waals surface area (Å²) in [7, 11) is 0. The van der Waals surface area contributed by atoms with E-state index in [2.05, 4.69) is 10.3 Å². The van der Waals surface area contributed by atoms with Crippen LogP contribution in [0.15, 0.2) is 72.9 Å². The predicted octanol–water partition coefficient (Wildman–Crippen LogP) is 5.48. The lowest BCUT2D eigenvalue weighted by atomic mass is 9.65. The van der Waals surface area contributed by atoms with Crippen LogP contribution < -0.4 is 10.2 Å². The molecular formula is C27H27N3O2. The number of carbonyl (C=O) groups excluding carboxylic acids is 2. The van der Waals surface area contributed by atoms with Crippen molar-refractivity contribution in [1.82, 2.24) is 4.98 Å². The molecule has 0 radical (unpaired) electrons. The van der Waals surface area contributed by atoms with Crippen molar-refractivity contribution in [2.75, 3.05) is 10.2 Å². The molecule has 1 N–H and O–H groups in total. The van der Waals surface area contributed by atoms with E-state index in [9.17, 15) is 9.59 Å². The number of aromatic nitrogens is 1. The molecule has 1 unspecified atom stereocenters. The lowest BCUT2D eigenvalue weighted by Crippen LogP contribution is -2.62. The highest BCUT2D eigenvalue weighted by Gasteiger charge is 2.55. The zero-order chi connectivity index (χ0) is 22.1. The Morgan fingerprint density at radius 1 is 0.969 bits per heavy atom. The molecule has 0 bridgehead atoms. The van der Waals surface area contributed by atoms with Crippen LogP contribution in [-0.2, 0) is 4.79 Å². The van der Waals surface area contributed by atoms with Gasteiger partial charge in [-0.15, -0.1) is 0 Å². The van der Waals surface area contributed by atoms with Gasteiger partial charge < -0.3 is 10.2 Å². The summed E-state index contributed by atoms with van der Waals surface area (Å²) in [4.78, 5) is 34.1. The molecule has 5 nitrogen and oxygen atoms in total. The van der Waals surface area contributed by atoms with Crippen molar-refractivity contribution in [3.63, 3.8) is 0 Å². The van der Waals surface area contributed by atoms with E-state index in [4.69, 9.17) is 0 Å². The second kappa shape index (κ2) is 8.23. The molecule has 1 aliphatic heterocycles. The molecule has 0 saturated heterocycles. The fraction of sp³-hybridized carbons (Fsp3) is 0.296. The normalized spacial score (nSPS) is 19.5. The number of amides is 2. The van der Waals surface area contributed by atoms with E-state index in [-0.39, 0.29) is 11.8 Å². The number of pyridine rings is 1. The smallest absolute Gasteiger partial charge is 0.259 e. The number of anilines is 2. The zero-order valence-electron chi connectivity index (χ0n) is 18.3. The molecule has 1 atom stereocenters. The molecule has 162 valence electrons. The lowest BCUT2D eigenvalue weighted by Gasteiger charge is -2.53. The van der Waals surface area contributed by atoms with Gasteiger partial charge in [0.05, 0.1) is 11.5 Å². The summed E-state index contributed by atoms with van der Waals surface area (Å²) in [5.41, 5.74) is 2.58. The van der Waals surface area contributed by atoms with E-state index in [0.717, 1.165) is 48.9 Å². The first-order valence-corrected chi connectivity index (χ1v) is 11.3. The molecule has 2 amide bonds. The number of hydrogen-bond acceptors (Lipinski definition) is 3. The monoisotopic (exact) mass is 425 g/mol. The van der Waals surface area contributed by atoms with Crippen LogP contribution in [0.1, 0.15) is 59.5 Å². The number of aryl methyl sites for hydroxylation is 1. The first-order chi connectivity index (χ1) is 15.6. The van der Waals surface area contributed by atoms with Gasteiger partial charge in [-0.05, 0) is 55.2 Å². The summed E-state index contributed by atoms with van der Waals surface area (Å²) in [5, 5.41) is 3.09. The van der Waals surface area contributed by atoms with Crippen molar-refractivity contribution in [3.05, 3.63) is 89.6 Å². The van der Waals surface area contributed by atoms with Gasteiger partial charge in [-0.3, -0.25) is 9.59 Å². The zero-order valence-corrected chi connectivity index (χ0v) is 18.3. The Morgan fingerprint density at radius 2 is 1.69 bits per heavy atom. The van der Waals surface area contributed by atoms with Gasteiger partial charge in [0.1, 0.15) is 5.82 Å². The summed E-state index contributed by atoms with van der Waals surface area (Å²) in [6.07, 6.45) is 6.38. The van der Waals surface area contributed by atoms with Crippen molar-refractivity contribution in [1.29, 1.82) is 0 Å². The molecule has 2 aromatic carbocycles. The molecule has 1 fully saturated rings. The summed E-state index contributed by atoms with van der Waals surface area (Å²) < 4.78 is 0. The molecule has 2 aliphatic rings. The number of fused-ring (bicyclic) bond motifs is 1. The summed E-state index contributed by atoms with van der Waals surface area (Å²) >= 11 is 0. The number of hydrogen-bond donors (Lipinski definition) is 1. The van der Waals surface area contributed by atoms with E-state index in [1.165, 1.54) is 0 Å². The van der Waals surface area contributed by atoms with Crippen molar-refractivity contribution in [3.8, 4) is 0 Å². The highest BCUT2D eigenvalue weighted by atomic mass is 16.2. The number of nitrogens with zero attached hydrogens (tertiary/aromatic N) is 2. The van der Waals surface area contributed by atoms with E-state index < -0.39 is 11.5 Å². The van der Waals surface area contributed by atoms with Gasteiger partial charge in [0.2, 0.25) is 5.91 Å². The topological polar surface area (TPSA) is 62.3 Å². The van der Waals surface area contributed by atoms with Crippen LogP contribution in [0.3, 0.4) is 0 Å².